The Morgan fingerprint density at radius 1 is 1.13 bits per heavy atom. The summed E-state index contributed by atoms with van der Waals surface area (Å²) in [7, 11) is 1.63. The van der Waals surface area contributed by atoms with E-state index in [1.165, 1.54) is 12.8 Å². The average molecular weight is 525 g/mol. The Kier molecular flexibility index (Phi) is 10.2. The first-order valence-corrected chi connectivity index (χ1v) is 10.2. The van der Waals surface area contributed by atoms with Crippen LogP contribution in [0.3, 0.4) is 0 Å². The van der Waals surface area contributed by atoms with Crippen LogP contribution in [0.4, 0.5) is 0 Å². The van der Waals surface area contributed by atoms with Crippen LogP contribution >= 0.6 is 24.0 Å². The van der Waals surface area contributed by atoms with E-state index in [1.807, 2.05) is 55.5 Å². The van der Waals surface area contributed by atoms with Crippen LogP contribution in [-0.2, 0) is 6.54 Å². The minimum absolute atomic E-state index is 0. The number of benzene rings is 2. The Labute approximate surface area is 196 Å². The van der Waals surface area contributed by atoms with Gasteiger partial charge in [-0.1, -0.05) is 30.3 Å². The van der Waals surface area contributed by atoms with E-state index in [4.69, 9.17) is 9.47 Å². The molecular weight excluding hydrogens is 493 g/mol. The SMILES string of the molecule is CCNC(=NCc1ccccc1OCC1CC1)NCC(O)c1ccc(OC)cc1.I. The fourth-order valence-electron chi connectivity index (χ4n) is 2.91. The predicted molar refractivity (Wildman–Crippen MR) is 131 cm³/mol. The molecule has 0 saturated heterocycles. The summed E-state index contributed by atoms with van der Waals surface area (Å²) < 4.78 is 11.1. The summed E-state index contributed by atoms with van der Waals surface area (Å²) in [6, 6.07) is 15.5. The third-order valence-corrected chi connectivity index (χ3v) is 4.86. The normalized spacial score (nSPS) is 14.4. The molecule has 1 unspecified atom stereocenters. The molecular formula is C23H32IN3O3. The first-order valence-electron chi connectivity index (χ1n) is 10.2. The molecule has 0 spiro atoms. The molecule has 1 aliphatic carbocycles. The Hall–Kier alpha value is -2.00. The molecule has 1 aliphatic rings. The quantitative estimate of drug-likeness (QED) is 0.250. The van der Waals surface area contributed by atoms with E-state index in [-0.39, 0.29) is 24.0 Å². The van der Waals surface area contributed by atoms with Gasteiger partial charge in [0, 0.05) is 18.7 Å². The average Bonchev–Trinajstić information content (AvgIpc) is 3.59. The number of nitrogens with one attached hydrogen (secondary N) is 2. The molecule has 1 saturated carbocycles. The summed E-state index contributed by atoms with van der Waals surface area (Å²) in [5.74, 6) is 3.05. The lowest BCUT2D eigenvalue weighted by Gasteiger charge is -2.16. The zero-order valence-corrected chi connectivity index (χ0v) is 20.0. The van der Waals surface area contributed by atoms with Crippen molar-refractivity contribution in [1.29, 1.82) is 0 Å². The molecule has 3 N–H and O–H groups in total. The topological polar surface area (TPSA) is 75.1 Å². The Balaban J connectivity index is 0.00000320. The van der Waals surface area contributed by atoms with Crippen LogP contribution < -0.4 is 20.1 Å². The molecule has 2 aromatic rings. The van der Waals surface area contributed by atoms with Crippen LogP contribution in [0.25, 0.3) is 0 Å². The molecule has 0 aliphatic heterocycles. The van der Waals surface area contributed by atoms with Crippen molar-refractivity contribution in [1.82, 2.24) is 10.6 Å². The number of hydrogen-bond donors (Lipinski definition) is 3. The van der Waals surface area contributed by atoms with Crippen molar-refractivity contribution in [2.75, 3.05) is 26.8 Å². The van der Waals surface area contributed by atoms with E-state index in [0.29, 0.717) is 25.0 Å². The van der Waals surface area contributed by atoms with E-state index >= 15 is 0 Å². The summed E-state index contributed by atoms with van der Waals surface area (Å²) in [6.45, 7) is 4.41. The lowest BCUT2D eigenvalue weighted by molar-refractivity contribution is 0.180. The monoisotopic (exact) mass is 525 g/mol. The fourth-order valence-corrected chi connectivity index (χ4v) is 2.91. The second kappa shape index (κ2) is 12.6. The van der Waals surface area contributed by atoms with Crippen LogP contribution in [0.15, 0.2) is 53.5 Å². The fraction of sp³-hybridized carbons (Fsp3) is 0.435. The highest BCUT2D eigenvalue weighted by Gasteiger charge is 2.22. The zero-order chi connectivity index (χ0) is 20.5. The van der Waals surface area contributed by atoms with Gasteiger partial charge in [0.2, 0.25) is 0 Å². The van der Waals surface area contributed by atoms with Crippen molar-refractivity contribution in [2.45, 2.75) is 32.4 Å². The first-order chi connectivity index (χ1) is 14.2. The maximum absolute atomic E-state index is 10.5. The van der Waals surface area contributed by atoms with Gasteiger partial charge in [-0.25, -0.2) is 4.99 Å². The van der Waals surface area contributed by atoms with Crippen molar-refractivity contribution in [3.63, 3.8) is 0 Å². The van der Waals surface area contributed by atoms with Gasteiger partial charge in [-0.2, -0.15) is 0 Å². The summed E-state index contributed by atoms with van der Waals surface area (Å²) in [4.78, 5) is 4.66. The van der Waals surface area contributed by atoms with Gasteiger partial charge in [-0.3, -0.25) is 0 Å². The standard InChI is InChI=1S/C23H31N3O3.HI/c1-3-24-23(26-15-21(27)18-10-12-20(28-2)13-11-18)25-14-19-6-4-5-7-22(19)29-16-17-8-9-17;/h4-7,10-13,17,21,27H,3,8-9,14-16H2,1-2H3,(H2,24,25,26);1H. The Morgan fingerprint density at radius 3 is 2.53 bits per heavy atom. The minimum atomic E-state index is -0.640. The molecule has 164 valence electrons. The molecule has 0 heterocycles. The molecule has 30 heavy (non-hydrogen) atoms. The molecule has 0 aromatic heterocycles. The number of rotatable bonds is 10. The Morgan fingerprint density at radius 2 is 1.87 bits per heavy atom. The van der Waals surface area contributed by atoms with E-state index in [1.54, 1.807) is 7.11 Å². The smallest absolute Gasteiger partial charge is 0.191 e. The Bertz CT molecular complexity index is 795. The lowest BCUT2D eigenvalue weighted by Crippen LogP contribution is -2.39. The maximum Gasteiger partial charge on any atom is 0.191 e. The second-order valence-electron chi connectivity index (χ2n) is 7.23. The molecule has 1 fully saturated rings. The van der Waals surface area contributed by atoms with E-state index < -0.39 is 6.10 Å². The van der Waals surface area contributed by atoms with Crippen molar-refractivity contribution >= 4 is 29.9 Å². The number of nitrogens with zero attached hydrogens (tertiary/aromatic N) is 1. The third kappa shape index (κ3) is 7.68. The van der Waals surface area contributed by atoms with Crippen LogP contribution in [0.5, 0.6) is 11.5 Å². The number of aliphatic hydroxyl groups is 1. The number of para-hydroxylation sites is 1. The molecule has 0 bridgehead atoms. The zero-order valence-electron chi connectivity index (χ0n) is 17.6. The first kappa shape index (κ1) is 24.3. The van der Waals surface area contributed by atoms with Crippen molar-refractivity contribution in [2.24, 2.45) is 10.9 Å². The summed E-state index contributed by atoms with van der Waals surface area (Å²) in [5, 5.41) is 16.9. The van der Waals surface area contributed by atoms with Gasteiger partial charge in [0.05, 0.1) is 26.4 Å². The highest BCUT2D eigenvalue weighted by atomic mass is 127. The van der Waals surface area contributed by atoms with Gasteiger partial charge in [-0.05, 0) is 49.4 Å². The number of methoxy groups -OCH3 is 1. The van der Waals surface area contributed by atoms with Crippen molar-refractivity contribution in [3.8, 4) is 11.5 Å². The summed E-state index contributed by atoms with van der Waals surface area (Å²) in [5.41, 5.74) is 1.88. The number of ether oxygens (including phenoxy) is 2. The predicted octanol–water partition coefficient (Wildman–Crippen LogP) is 3.89. The summed E-state index contributed by atoms with van der Waals surface area (Å²) >= 11 is 0. The number of halogens is 1. The van der Waals surface area contributed by atoms with Gasteiger partial charge in [-0.15, -0.1) is 24.0 Å². The summed E-state index contributed by atoms with van der Waals surface area (Å²) in [6.07, 6.45) is 1.90. The van der Waals surface area contributed by atoms with Gasteiger partial charge < -0.3 is 25.2 Å². The van der Waals surface area contributed by atoms with E-state index in [9.17, 15) is 5.11 Å². The molecule has 3 rings (SSSR count). The van der Waals surface area contributed by atoms with Gasteiger partial charge in [0.1, 0.15) is 11.5 Å². The highest BCUT2D eigenvalue weighted by molar-refractivity contribution is 14.0. The molecule has 7 heteroatoms. The van der Waals surface area contributed by atoms with Crippen molar-refractivity contribution in [3.05, 3.63) is 59.7 Å². The van der Waals surface area contributed by atoms with Gasteiger partial charge >= 0.3 is 0 Å². The largest absolute Gasteiger partial charge is 0.497 e. The number of aliphatic imine (C=N–C) groups is 1. The molecule has 0 amide bonds. The molecule has 0 radical (unpaired) electrons. The van der Waals surface area contributed by atoms with Crippen molar-refractivity contribution < 1.29 is 14.6 Å². The van der Waals surface area contributed by atoms with Gasteiger partial charge in [0.15, 0.2) is 5.96 Å². The molecule has 1 atom stereocenters. The molecule has 6 nitrogen and oxygen atoms in total. The third-order valence-electron chi connectivity index (χ3n) is 4.86. The number of aliphatic hydroxyl groups excluding tert-OH is 1. The van der Waals surface area contributed by atoms with Crippen LogP contribution in [0, 0.1) is 5.92 Å². The maximum atomic E-state index is 10.5. The van der Waals surface area contributed by atoms with Gasteiger partial charge in [0.25, 0.3) is 0 Å². The minimum Gasteiger partial charge on any atom is -0.497 e. The number of guanidine groups is 1. The van der Waals surface area contributed by atoms with Crippen LogP contribution in [0.1, 0.15) is 37.0 Å². The van der Waals surface area contributed by atoms with E-state index in [0.717, 1.165) is 35.8 Å². The molecule has 2 aromatic carbocycles. The van der Waals surface area contributed by atoms with Crippen LogP contribution in [0.2, 0.25) is 0 Å². The lowest BCUT2D eigenvalue weighted by atomic mass is 10.1. The second-order valence-corrected chi connectivity index (χ2v) is 7.23. The highest BCUT2D eigenvalue weighted by Crippen LogP contribution is 2.30. The van der Waals surface area contributed by atoms with E-state index in [2.05, 4.69) is 15.6 Å². The number of hydrogen-bond acceptors (Lipinski definition) is 4. The van der Waals surface area contributed by atoms with Crippen LogP contribution in [-0.4, -0.2) is 37.9 Å².